The zero-order valence-corrected chi connectivity index (χ0v) is 13.4. The fraction of sp³-hybridized carbons (Fsp3) is 0.643. The Hall–Kier alpha value is -1.08. The lowest BCUT2D eigenvalue weighted by Gasteiger charge is -2.29. The first kappa shape index (κ1) is 13.6. The molecule has 2 atom stereocenters. The number of hydrogen-bond donors (Lipinski definition) is 1. The highest BCUT2D eigenvalue weighted by molar-refractivity contribution is 8.01. The van der Waals surface area contributed by atoms with Gasteiger partial charge in [0.25, 0.3) is 0 Å². The molecule has 0 aromatic carbocycles. The SMILES string of the molecule is C[C@@]12CCC(=O)N1[C@H](C(=O)Nc1nc(C3CC3)cs1)CS2. The Kier molecular flexibility index (Phi) is 3.04. The van der Waals surface area contributed by atoms with E-state index in [1.165, 1.54) is 24.2 Å². The molecule has 0 bridgehead atoms. The lowest BCUT2D eigenvalue weighted by Crippen LogP contribution is -2.48. The summed E-state index contributed by atoms with van der Waals surface area (Å²) < 4.78 is 0. The van der Waals surface area contributed by atoms with Gasteiger partial charge in [0.1, 0.15) is 6.04 Å². The molecule has 1 N–H and O–H groups in total. The number of thioether (sulfide) groups is 1. The van der Waals surface area contributed by atoms with Gasteiger partial charge in [0.2, 0.25) is 11.8 Å². The van der Waals surface area contributed by atoms with Crippen molar-refractivity contribution < 1.29 is 9.59 Å². The van der Waals surface area contributed by atoms with Gasteiger partial charge in [-0.1, -0.05) is 0 Å². The van der Waals surface area contributed by atoms with Crippen molar-refractivity contribution in [2.45, 2.75) is 49.4 Å². The number of rotatable bonds is 3. The molecular formula is C14H17N3O2S2. The summed E-state index contributed by atoms with van der Waals surface area (Å²) in [6.45, 7) is 2.06. The molecule has 7 heteroatoms. The van der Waals surface area contributed by atoms with Crippen LogP contribution in [-0.2, 0) is 9.59 Å². The zero-order valence-electron chi connectivity index (χ0n) is 11.8. The Morgan fingerprint density at radius 2 is 2.33 bits per heavy atom. The van der Waals surface area contributed by atoms with Gasteiger partial charge in [-0.2, -0.15) is 0 Å². The molecule has 0 spiro atoms. The van der Waals surface area contributed by atoms with Crippen LogP contribution >= 0.6 is 23.1 Å². The normalized spacial score (nSPS) is 31.6. The molecule has 1 aliphatic carbocycles. The molecule has 2 saturated heterocycles. The summed E-state index contributed by atoms with van der Waals surface area (Å²) in [4.78, 5) is 30.6. The minimum absolute atomic E-state index is 0.0976. The van der Waals surface area contributed by atoms with Crippen LogP contribution in [0.25, 0.3) is 0 Å². The van der Waals surface area contributed by atoms with E-state index in [0.29, 0.717) is 23.2 Å². The molecule has 0 unspecified atom stereocenters. The minimum atomic E-state index is -0.358. The first-order valence-electron chi connectivity index (χ1n) is 7.29. The van der Waals surface area contributed by atoms with Crippen molar-refractivity contribution >= 4 is 40.0 Å². The van der Waals surface area contributed by atoms with E-state index in [1.54, 1.807) is 16.7 Å². The van der Waals surface area contributed by atoms with Crippen LogP contribution in [0.15, 0.2) is 5.38 Å². The molecule has 5 nitrogen and oxygen atoms in total. The highest BCUT2D eigenvalue weighted by atomic mass is 32.2. The van der Waals surface area contributed by atoms with Crippen molar-refractivity contribution in [3.63, 3.8) is 0 Å². The number of fused-ring (bicyclic) bond motifs is 1. The molecule has 4 rings (SSSR count). The van der Waals surface area contributed by atoms with Gasteiger partial charge in [-0.05, 0) is 26.2 Å². The monoisotopic (exact) mass is 323 g/mol. The first-order chi connectivity index (χ1) is 10.1. The summed E-state index contributed by atoms with van der Waals surface area (Å²) in [6.07, 6.45) is 3.80. The van der Waals surface area contributed by atoms with E-state index in [2.05, 4.69) is 17.2 Å². The number of amides is 2. The van der Waals surface area contributed by atoms with Crippen LogP contribution < -0.4 is 5.32 Å². The summed E-state index contributed by atoms with van der Waals surface area (Å²) in [7, 11) is 0. The van der Waals surface area contributed by atoms with Gasteiger partial charge >= 0.3 is 0 Å². The Bertz CT molecular complexity index is 613. The van der Waals surface area contributed by atoms with Crippen molar-refractivity contribution in [2.75, 3.05) is 11.1 Å². The van der Waals surface area contributed by atoms with Crippen molar-refractivity contribution in [3.05, 3.63) is 11.1 Å². The molecule has 2 amide bonds. The largest absolute Gasteiger partial charge is 0.315 e. The molecule has 3 aliphatic rings. The van der Waals surface area contributed by atoms with E-state index in [9.17, 15) is 9.59 Å². The third-order valence-electron chi connectivity index (χ3n) is 4.50. The number of carbonyl (C=O) groups is 2. The second-order valence-corrected chi connectivity index (χ2v) is 8.47. The number of thiazole rings is 1. The Morgan fingerprint density at radius 1 is 1.52 bits per heavy atom. The predicted molar refractivity (Wildman–Crippen MR) is 83.4 cm³/mol. The summed E-state index contributed by atoms with van der Waals surface area (Å²) in [5.41, 5.74) is 1.10. The quantitative estimate of drug-likeness (QED) is 0.928. The number of nitrogens with one attached hydrogen (secondary N) is 1. The van der Waals surface area contributed by atoms with Gasteiger partial charge in [-0.3, -0.25) is 9.59 Å². The maximum absolute atomic E-state index is 12.5. The van der Waals surface area contributed by atoms with Crippen molar-refractivity contribution in [1.82, 2.24) is 9.88 Å². The third-order valence-corrected chi connectivity index (χ3v) is 6.78. The van der Waals surface area contributed by atoms with E-state index in [1.807, 2.05) is 5.38 Å². The smallest absolute Gasteiger partial charge is 0.249 e. The maximum atomic E-state index is 12.5. The second kappa shape index (κ2) is 4.71. The lowest BCUT2D eigenvalue weighted by molar-refractivity contribution is -0.135. The molecule has 0 radical (unpaired) electrons. The van der Waals surface area contributed by atoms with Crippen LogP contribution in [0.5, 0.6) is 0 Å². The average Bonchev–Trinajstić information content (AvgIpc) is 2.99. The van der Waals surface area contributed by atoms with E-state index in [-0.39, 0.29) is 22.7 Å². The molecule has 1 aromatic heterocycles. The molecular weight excluding hydrogens is 306 g/mol. The molecule has 3 heterocycles. The molecule has 21 heavy (non-hydrogen) atoms. The molecule has 2 aliphatic heterocycles. The number of nitrogens with zero attached hydrogens (tertiary/aromatic N) is 2. The highest BCUT2D eigenvalue weighted by Crippen LogP contribution is 2.47. The van der Waals surface area contributed by atoms with Crippen molar-refractivity contribution in [3.8, 4) is 0 Å². The highest BCUT2D eigenvalue weighted by Gasteiger charge is 2.52. The fourth-order valence-electron chi connectivity index (χ4n) is 3.11. The van der Waals surface area contributed by atoms with Crippen LogP contribution in [0.2, 0.25) is 0 Å². The average molecular weight is 323 g/mol. The minimum Gasteiger partial charge on any atom is -0.315 e. The van der Waals surface area contributed by atoms with Crippen LogP contribution in [0, 0.1) is 0 Å². The predicted octanol–water partition coefficient (Wildman–Crippen LogP) is 2.41. The zero-order chi connectivity index (χ0) is 14.6. The van der Waals surface area contributed by atoms with Gasteiger partial charge in [-0.15, -0.1) is 23.1 Å². The standard InChI is InChI=1S/C14H17N3O2S2/c1-14-5-4-11(18)17(14)10(7-21-14)12(19)16-13-15-9(6-20-13)8-2-3-8/h6,8,10H,2-5,7H2,1H3,(H,15,16,19)/t10-,14+/m0/s1. The summed E-state index contributed by atoms with van der Waals surface area (Å²) in [5, 5.41) is 5.59. The Labute approximate surface area is 131 Å². The number of aromatic nitrogens is 1. The van der Waals surface area contributed by atoms with Gasteiger partial charge in [0.05, 0.1) is 10.6 Å². The van der Waals surface area contributed by atoms with E-state index >= 15 is 0 Å². The third kappa shape index (κ3) is 2.26. The Balaban J connectivity index is 1.48. The molecule has 112 valence electrons. The number of anilines is 1. The van der Waals surface area contributed by atoms with Crippen LogP contribution in [-0.4, -0.2) is 38.4 Å². The number of carbonyl (C=O) groups excluding carboxylic acids is 2. The van der Waals surface area contributed by atoms with Crippen LogP contribution in [0.3, 0.4) is 0 Å². The topological polar surface area (TPSA) is 62.3 Å². The van der Waals surface area contributed by atoms with Gasteiger partial charge in [0.15, 0.2) is 5.13 Å². The van der Waals surface area contributed by atoms with Crippen molar-refractivity contribution in [1.29, 1.82) is 0 Å². The van der Waals surface area contributed by atoms with Gasteiger partial charge in [0, 0.05) is 23.5 Å². The van der Waals surface area contributed by atoms with Crippen LogP contribution in [0.4, 0.5) is 5.13 Å². The maximum Gasteiger partial charge on any atom is 0.249 e. The second-order valence-electron chi connectivity index (χ2n) is 6.11. The van der Waals surface area contributed by atoms with E-state index < -0.39 is 0 Å². The molecule has 1 saturated carbocycles. The lowest BCUT2D eigenvalue weighted by atomic mass is 10.2. The summed E-state index contributed by atoms with van der Waals surface area (Å²) in [6, 6.07) is -0.358. The number of hydrogen-bond acceptors (Lipinski definition) is 5. The van der Waals surface area contributed by atoms with E-state index in [4.69, 9.17) is 0 Å². The first-order valence-corrected chi connectivity index (χ1v) is 9.16. The summed E-state index contributed by atoms with van der Waals surface area (Å²) >= 11 is 3.19. The fourth-order valence-corrected chi connectivity index (χ4v) is 5.34. The van der Waals surface area contributed by atoms with Gasteiger partial charge in [-0.25, -0.2) is 4.98 Å². The van der Waals surface area contributed by atoms with Crippen LogP contribution in [0.1, 0.15) is 44.2 Å². The molecule has 3 fully saturated rings. The van der Waals surface area contributed by atoms with Gasteiger partial charge < -0.3 is 10.2 Å². The Morgan fingerprint density at radius 3 is 3.10 bits per heavy atom. The summed E-state index contributed by atoms with van der Waals surface area (Å²) in [5.74, 6) is 1.27. The van der Waals surface area contributed by atoms with Crippen molar-refractivity contribution in [2.24, 2.45) is 0 Å². The molecule has 1 aromatic rings. The van der Waals surface area contributed by atoms with E-state index in [0.717, 1.165) is 12.1 Å².